The predicted molar refractivity (Wildman–Crippen MR) is 104 cm³/mol. The molecule has 5 rings (SSSR count). The van der Waals surface area contributed by atoms with Gasteiger partial charge in [0.05, 0.1) is 22.0 Å². The number of nitrogens with one attached hydrogen (secondary N) is 1. The second-order valence-corrected chi connectivity index (χ2v) is 7.33. The summed E-state index contributed by atoms with van der Waals surface area (Å²) in [6, 6.07) is 7.47. The Morgan fingerprint density at radius 2 is 1.47 bits per heavy atom. The molecule has 1 N–H and O–H groups in total. The Bertz CT molecular complexity index is 1350. The lowest BCUT2D eigenvalue weighted by atomic mass is 10.0. The molecule has 0 amide bonds. The van der Waals surface area contributed by atoms with E-state index in [1.54, 1.807) is 18.2 Å². The van der Waals surface area contributed by atoms with Crippen LogP contribution >= 0.6 is 0 Å². The minimum Gasteiger partial charge on any atom is -0.386 e. The Kier molecular flexibility index (Phi) is 3.54. The maximum absolute atomic E-state index is 13.0. The highest BCUT2D eigenvalue weighted by molar-refractivity contribution is 6.31. The minimum absolute atomic E-state index is 0.00102. The van der Waals surface area contributed by atoms with Crippen molar-refractivity contribution in [1.29, 1.82) is 0 Å². The van der Waals surface area contributed by atoms with E-state index < -0.39 is 35.0 Å². The summed E-state index contributed by atoms with van der Waals surface area (Å²) in [6.45, 7) is 0. The zero-order chi connectivity index (χ0) is 21.3. The summed E-state index contributed by atoms with van der Waals surface area (Å²) in [5, 5.41) is 0.327. The number of anilines is 1. The van der Waals surface area contributed by atoms with Crippen molar-refractivity contribution in [3.05, 3.63) is 68.8 Å². The number of Topliss-reactive ketones (excluding diaryl/α,β-unsaturated/α-hetero) is 2. The fourth-order valence-electron chi connectivity index (χ4n) is 3.78. The monoisotopic (exact) mass is 403 g/mol. The molecule has 2 heterocycles. The van der Waals surface area contributed by atoms with Crippen molar-refractivity contribution < 1.29 is 23.9 Å². The molecular weight excluding hydrogens is 390 g/mol. The van der Waals surface area contributed by atoms with Gasteiger partial charge in [-0.1, -0.05) is 0 Å². The number of ketones is 2. The van der Waals surface area contributed by atoms with Crippen LogP contribution in [0.2, 0.25) is 0 Å². The lowest BCUT2D eigenvalue weighted by Gasteiger charge is -2.13. The Hall–Kier alpha value is -4.14. The number of hydrogen-bond donors (Lipinski definition) is 1. The number of hydrogen-bond acceptors (Lipinski definition) is 8. The van der Waals surface area contributed by atoms with Gasteiger partial charge < -0.3 is 14.6 Å². The molecule has 30 heavy (non-hydrogen) atoms. The fourth-order valence-corrected chi connectivity index (χ4v) is 3.78. The molecule has 0 fully saturated rings. The van der Waals surface area contributed by atoms with E-state index in [4.69, 9.17) is 0 Å². The molecule has 0 saturated heterocycles. The molecule has 0 spiro atoms. The summed E-state index contributed by atoms with van der Waals surface area (Å²) in [5.41, 5.74) is 0.554. The van der Waals surface area contributed by atoms with E-state index in [0.29, 0.717) is 10.9 Å². The zero-order valence-corrected chi connectivity index (χ0v) is 15.8. The lowest BCUT2D eigenvalue weighted by Crippen LogP contribution is -2.21. The summed E-state index contributed by atoms with van der Waals surface area (Å²) in [5.74, 6) is -4.36. The van der Waals surface area contributed by atoms with E-state index in [1.807, 2.05) is 19.0 Å². The third kappa shape index (κ3) is 2.35. The number of aromatic amines is 1. The van der Waals surface area contributed by atoms with Crippen molar-refractivity contribution in [2.24, 2.45) is 0 Å². The predicted octanol–water partition coefficient (Wildman–Crippen LogP) is 1.46. The van der Waals surface area contributed by atoms with Gasteiger partial charge in [-0.15, -0.1) is 0 Å². The van der Waals surface area contributed by atoms with E-state index in [2.05, 4.69) is 14.7 Å². The third-order valence-corrected chi connectivity index (χ3v) is 5.34. The van der Waals surface area contributed by atoms with Crippen molar-refractivity contribution in [2.45, 2.75) is 5.92 Å². The van der Waals surface area contributed by atoms with E-state index >= 15 is 0 Å². The molecule has 148 valence electrons. The Morgan fingerprint density at radius 1 is 0.867 bits per heavy atom. The van der Waals surface area contributed by atoms with Crippen molar-refractivity contribution in [2.75, 3.05) is 19.0 Å². The average molecular weight is 403 g/mol. The van der Waals surface area contributed by atoms with Gasteiger partial charge in [-0.2, -0.15) is 0 Å². The summed E-state index contributed by atoms with van der Waals surface area (Å²) in [4.78, 5) is 70.8. The van der Waals surface area contributed by atoms with Gasteiger partial charge >= 0.3 is 11.9 Å². The number of aromatic nitrogens is 2. The number of H-pyrrole nitrogens is 1. The first-order chi connectivity index (χ1) is 14.3. The molecule has 1 aromatic heterocycles. The van der Waals surface area contributed by atoms with Crippen molar-refractivity contribution in [3.63, 3.8) is 0 Å². The highest BCUT2D eigenvalue weighted by Gasteiger charge is 2.44. The summed E-state index contributed by atoms with van der Waals surface area (Å²) < 4.78 is 4.52. The second-order valence-electron chi connectivity index (χ2n) is 7.33. The van der Waals surface area contributed by atoms with Gasteiger partial charge in [0.2, 0.25) is 0 Å². The largest absolute Gasteiger partial charge is 0.386 e. The summed E-state index contributed by atoms with van der Waals surface area (Å²) in [7, 11) is 3.67. The van der Waals surface area contributed by atoms with Crippen LogP contribution in [0.4, 0.5) is 5.69 Å². The number of carbonyl (C=O) groups is 4. The van der Waals surface area contributed by atoms with Gasteiger partial charge in [-0.05, 0) is 30.3 Å². The number of cyclic esters (lactones) is 2. The average Bonchev–Trinajstić information content (AvgIpc) is 3.13. The van der Waals surface area contributed by atoms with Crippen LogP contribution in [0.3, 0.4) is 0 Å². The molecule has 0 unspecified atom stereocenters. The molecule has 2 aliphatic rings. The molecule has 9 nitrogen and oxygen atoms in total. The van der Waals surface area contributed by atoms with Crippen LogP contribution in [0.5, 0.6) is 0 Å². The van der Waals surface area contributed by atoms with Crippen LogP contribution in [0.1, 0.15) is 53.2 Å². The maximum atomic E-state index is 13.0. The van der Waals surface area contributed by atoms with Gasteiger partial charge in [0.25, 0.3) is 5.56 Å². The number of esters is 2. The SMILES string of the molecule is CN(C)c1ccc2nc(C3C(=O)c4cc5c(cc4C3=O)C(=O)OC5=O)[nH]c(=O)c2c1. The van der Waals surface area contributed by atoms with Crippen LogP contribution in [0.15, 0.2) is 35.1 Å². The molecule has 0 bridgehead atoms. The normalized spacial score (nSPS) is 15.5. The molecule has 0 saturated carbocycles. The van der Waals surface area contributed by atoms with Gasteiger partial charge in [0, 0.05) is 30.9 Å². The highest BCUT2D eigenvalue weighted by atomic mass is 16.6. The standard InChI is InChI=1S/C21H13N3O6/c1-24(2)8-3-4-14-13(5-8)19(27)23-18(22-14)15-16(25)9-6-11-12(7-10(9)17(15)26)21(29)30-20(11)28/h3-7,15H,1-2H3,(H,22,23,27). The number of fused-ring (bicyclic) bond motifs is 3. The van der Waals surface area contributed by atoms with E-state index in [9.17, 15) is 24.0 Å². The van der Waals surface area contributed by atoms with E-state index in [-0.39, 0.29) is 28.1 Å². The smallest absolute Gasteiger partial charge is 0.346 e. The van der Waals surface area contributed by atoms with Gasteiger partial charge in [-0.3, -0.25) is 14.4 Å². The topological polar surface area (TPSA) is 126 Å². The second kappa shape index (κ2) is 5.93. The third-order valence-electron chi connectivity index (χ3n) is 5.34. The first-order valence-electron chi connectivity index (χ1n) is 9.00. The molecule has 0 radical (unpaired) electrons. The highest BCUT2D eigenvalue weighted by Crippen LogP contribution is 2.36. The molecule has 0 atom stereocenters. The molecule has 1 aliphatic heterocycles. The number of benzene rings is 2. The summed E-state index contributed by atoms with van der Waals surface area (Å²) >= 11 is 0. The van der Waals surface area contributed by atoms with E-state index in [1.165, 1.54) is 12.1 Å². The van der Waals surface area contributed by atoms with Crippen molar-refractivity contribution in [3.8, 4) is 0 Å². The molecule has 3 aromatic rings. The quantitative estimate of drug-likeness (QED) is 0.503. The Balaban J connectivity index is 1.63. The Labute approximate surface area is 168 Å². The van der Waals surface area contributed by atoms with E-state index in [0.717, 1.165) is 5.69 Å². The molecule has 1 aliphatic carbocycles. The van der Waals surface area contributed by atoms with Gasteiger partial charge in [0.15, 0.2) is 11.6 Å². The first-order valence-corrected chi connectivity index (χ1v) is 9.00. The minimum atomic E-state index is -1.35. The molecule has 2 aromatic carbocycles. The Morgan fingerprint density at radius 3 is 2.03 bits per heavy atom. The molecule has 9 heteroatoms. The lowest BCUT2D eigenvalue weighted by molar-refractivity contribution is 0.0443. The van der Waals surface area contributed by atoms with Crippen LogP contribution < -0.4 is 10.5 Å². The van der Waals surface area contributed by atoms with Crippen LogP contribution in [-0.4, -0.2) is 47.6 Å². The van der Waals surface area contributed by atoms with Crippen LogP contribution in [0, 0.1) is 0 Å². The number of ether oxygens (including phenoxy) is 1. The number of nitrogens with zero attached hydrogens (tertiary/aromatic N) is 2. The van der Waals surface area contributed by atoms with Crippen LogP contribution in [-0.2, 0) is 4.74 Å². The molecular formula is C21H13N3O6. The van der Waals surface area contributed by atoms with Gasteiger partial charge in [-0.25, -0.2) is 14.6 Å². The fraction of sp³-hybridized carbons (Fsp3) is 0.143. The van der Waals surface area contributed by atoms with Crippen molar-refractivity contribution >= 4 is 40.1 Å². The maximum Gasteiger partial charge on any atom is 0.346 e. The van der Waals surface area contributed by atoms with Gasteiger partial charge in [0.1, 0.15) is 11.7 Å². The number of rotatable bonds is 2. The first kappa shape index (κ1) is 17.9. The number of carbonyl (C=O) groups excluding carboxylic acids is 4. The van der Waals surface area contributed by atoms with Crippen molar-refractivity contribution in [1.82, 2.24) is 9.97 Å². The summed E-state index contributed by atoms with van der Waals surface area (Å²) in [6.07, 6.45) is 0. The zero-order valence-electron chi connectivity index (χ0n) is 15.8. The van der Waals surface area contributed by atoms with Crippen LogP contribution in [0.25, 0.3) is 10.9 Å².